The van der Waals surface area contributed by atoms with Crippen molar-refractivity contribution in [3.63, 3.8) is 0 Å². The minimum atomic E-state index is 0.849. The molecule has 11 rings (SSSR count). The maximum atomic E-state index is 7.19. The van der Waals surface area contributed by atoms with Crippen molar-refractivity contribution in [2.45, 2.75) is 0 Å². The lowest BCUT2D eigenvalue weighted by Gasteiger charge is -2.10. The summed E-state index contributed by atoms with van der Waals surface area (Å²) in [5.41, 5.74) is 13.4. The summed E-state index contributed by atoms with van der Waals surface area (Å²) in [6.45, 7) is 0. The van der Waals surface area contributed by atoms with E-state index in [0.29, 0.717) is 0 Å². The predicted octanol–water partition coefficient (Wildman–Crippen LogP) is 13.6. The number of aromatic nitrogens is 1. The summed E-state index contributed by atoms with van der Waals surface area (Å²) in [7, 11) is 0. The lowest BCUT2D eigenvalue weighted by Crippen LogP contribution is -1.94. The van der Waals surface area contributed by atoms with Crippen molar-refractivity contribution < 1.29 is 8.83 Å². The van der Waals surface area contributed by atoms with Gasteiger partial charge in [-0.2, -0.15) is 0 Å². The molecular weight excluding hydrogens is 623 g/mol. The number of fused-ring (bicyclic) bond motifs is 9. The van der Waals surface area contributed by atoms with E-state index in [-0.39, 0.29) is 0 Å². The molecule has 0 aliphatic heterocycles. The third kappa shape index (κ3) is 4.12. The molecule has 3 aromatic heterocycles. The van der Waals surface area contributed by atoms with Crippen LogP contribution in [0, 0.1) is 0 Å². The van der Waals surface area contributed by atoms with Crippen molar-refractivity contribution in [3.8, 4) is 39.1 Å². The Bertz CT molecular complexity index is 3130. The van der Waals surface area contributed by atoms with Gasteiger partial charge < -0.3 is 13.4 Å². The van der Waals surface area contributed by atoms with Gasteiger partial charge in [-0.05, 0) is 52.6 Å². The Morgan fingerprint density at radius 2 is 1.00 bits per heavy atom. The third-order valence-corrected chi connectivity index (χ3v) is 10.4. The van der Waals surface area contributed by atoms with Crippen LogP contribution in [0.4, 0.5) is 0 Å². The van der Waals surface area contributed by atoms with Crippen molar-refractivity contribution in [2.75, 3.05) is 0 Å². The van der Waals surface area contributed by atoms with Gasteiger partial charge in [0.15, 0.2) is 5.58 Å². The molecule has 0 saturated carbocycles. The first-order valence-electron chi connectivity index (χ1n) is 17.4. The van der Waals surface area contributed by atoms with Crippen LogP contribution in [0.5, 0.6) is 0 Å². The minimum absolute atomic E-state index is 0.849. The molecule has 3 heteroatoms. The minimum Gasteiger partial charge on any atom is -0.455 e. The molecule has 0 N–H and O–H groups in total. The zero-order chi connectivity index (χ0) is 33.5. The molecule has 0 radical (unpaired) electrons. The van der Waals surface area contributed by atoms with E-state index in [1.54, 1.807) is 0 Å². The number of hydrogen-bond donors (Lipinski definition) is 0. The van der Waals surface area contributed by atoms with Gasteiger partial charge in [-0.1, -0.05) is 146 Å². The van der Waals surface area contributed by atoms with Crippen LogP contribution in [0.1, 0.15) is 0 Å². The fourth-order valence-corrected chi connectivity index (χ4v) is 8.13. The largest absolute Gasteiger partial charge is 0.455 e. The van der Waals surface area contributed by atoms with Crippen molar-refractivity contribution >= 4 is 65.7 Å². The highest BCUT2D eigenvalue weighted by molar-refractivity contribution is 6.21. The van der Waals surface area contributed by atoms with Crippen LogP contribution < -0.4 is 0 Å². The summed E-state index contributed by atoms with van der Waals surface area (Å²) < 4.78 is 16.1. The second-order valence-corrected chi connectivity index (χ2v) is 13.2. The summed E-state index contributed by atoms with van der Waals surface area (Å²) in [6, 6.07) is 62.3. The number of nitrogens with zero attached hydrogens (tertiary/aromatic N) is 1. The second-order valence-electron chi connectivity index (χ2n) is 13.2. The Morgan fingerprint density at radius 1 is 0.333 bits per heavy atom. The van der Waals surface area contributed by atoms with E-state index in [2.05, 4.69) is 168 Å². The summed E-state index contributed by atoms with van der Waals surface area (Å²) >= 11 is 0. The van der Waals surface area contributed by atoms with Crippen LogP contribution in [0.25, 0.3) is 105 Å². The first-order chi connectivity index (χ1) is 25.3. The fourth-order valence-electron chi connectivity index (χ4n) is 8.13. The van der Waals surface area contributed by atoms with E-state index in [4.69, 9.17) is 8.83 Å². The monoisotopic (exact) mass is 651 g/mol. The Labute approximate surface area is 293 Å². The summed E-state index contributed by atoms with van der Waals surface area (Å²) in [5.74, 6) is 0. The van der Waals surface area contributed by atoms with E-state index in [1.165, 1.54) is 21.9 Å². The van der Waals surface area contributed by atoms with Gasteiger partial charge >= 0.3 is 0 Å². The SMILES string of the molecule is c1ccc(-c2ccc3c4ccccc4n(-c4cccc5c4oc4c(-c6ccccc6)ccc(-c6cccc7c6oc6ccccc67)c45)c3c2)cc1. The van der Waals surface area contributed by atoms with Gasteiger partial charge in [0.05, 0.1) is 16.7 Å². The fraction of sp³-hybridized carbons (Fsp3) is 0. The molecule has 11 aromatic rings. The van der Waals surface area contributed by atoms with Gasteiger partial charge in [-0.3, -0.25) is 0 Å². The van der Waals surface area contributed by atoms with Crippen LogP contribution >= 0.6 is 0 Å². The van der Waals surface area contributed by atoms with Crippen LogP contribution in [0.15, 0.2) is 185 Å². The van der Waals surface area contributed by atoms with Crippen molar-refractivity contribution in [2.24, 2.45) is 0 Å². The molecule has 3 nitrogen and oxygen atoms in total. The molecule has 0 spiro atoms. The zero-order valence-corrected chi connectivity index (χ0v) is 27.5. The molecule has 51 heavy (non-hydrogen) atoms. The van der Waals surface area contributed by atoms with E-state index in [1.807, 2.05) is 12.1 Å². The number of para-hydroxylation sites is 4. The molecule has 238 valence electrons. The second kappa shape index (κ2) is 10.8. The van der Waals surface area contributed by atoms with Crippen LogP contribution in [-0.2, 0) is 0 Å². The highest BCUT2D eigenvalue weighted by Gasteiger charge is 2.23. The van der Waals surface area contributed by atoms with Gasteiger partial charge in [0.1, 0.15) is 16.7 Å². The average Bonchev–Trinajstić information content (AvgIpc) is 3.88. The molecule has 0 aliphatic rings. The molecule has 0 amide bonds. The number of benzene rings is 8. The summed E-state index contributed by atoms with van der Waals surface area (Å²) in [6.07, 6.45) is 0. The third-order valence-electron chi connectivity index (χ3n) is 10.4. The van der Waals surface area contributed by atoms with E-state index < -0.39 is 0 Å². The highest BCUT2D eigenvalue weighted by Crippen LogP contribution is 2.46. The Morgan fingerprint density at radius 3 is 1.86 bits per heavy atom. The molecule has 3 heterocycles. The van der Waals surface area contributed by atoms with Crippen molar-refractivity contribution in [1.29, 1.82) is 0 Å². The molecule has 8 aromatic carbocycles. The van der Waals surface area contributed by atoms with E-state index >= 15 is 0 Å². The van der Waals surface area contributed by atoms with Crippen molar-refractivity contribution in [3.05, 3.63) is 176 Å². The van der Waals surface area contributed by atoms with Gasteiger partial charge in [0.2, 0.25) is 0 Å². The number of rotatable bonds is 4. The lowest BCUT2D eigenvalue weighted by molar-refractivity contribution is 0.667. The summed E-state index contributed by atoms with van der Waals surface area (Å²) in [4.78, 5) is 0. The van der Waals surface area contributed by atoms with Crippen LogP contribution in [0.3, 0.4) is 0 Å². The molecule has 0 bridgehead atoms. The number of furan rings is 2. The molecule has 0 aliphatic carbocycles. The number of hydrogen-bond acceptors (Lipinski definition) is 2. The zero-order valence-electron chi connectivity index (χ0n) is 27.5. The van der Waals surface area contributed by atoms with E-state index in [0.717, 1.165) is 82.9 Å². The summed E-state index contributed by atoms with van der Waals surface area (Å²) in [5, 5.41) is 6.78. The van der Waals surface area contributed by atoms with Crippen molar-refractivity contribution in [1.82, 2.24) is 4.57 Å². The molecule has 0 unspecified atom stereocenters. The lowest BCUT2D eigenvalue weighted by atomic mass is 9.93. The van der Waals surface area contributed by atoms with E-state index in [9.17, 15) is 0 Å². The van der Waals surface area contributed by atoms with Crippen LogP contribution in [-0.4, -0.2) is 4.57 Å². The smallest absolute Gasteiger partial charge is 0.159 e. The molecule has 0 atom stereocenters. The average molecular weight is 652 g/mol. The van der Waals surface area contributed by atoms with Gasteiger partial charge in [-0.25, -0.2) is 0 Å². The van der Waals surface area contributed by atoms with Gasteiger partial charge in [0, 0.05) is 43.4 Å². The van der Waals surface area contributed by atoms with Gasteiger partial charge in [-0.15, -0.1) is 0 Å². The topological polar surface area (TPSA) is 31.2 Å². The Hall–Kier alpha value is -6.84. The first kappa shape index (κ1) is 28.0. The molecular formula is C48H29NO2. The van der Waals surface area contributed by atoms with Crippen LogP contribution in [0.2, 0.25) is 0 Å². The predicted molar refractivity (Wildman–Crippen MR) is 212 cm³/mol. The maximum Gasteiger partial charge on any atom is 0.159 e. The Kier molecular flexibility index (Phi) is 5.96. The maximum absolute atomic E-state index is 7.19. The Balaban J connectivity index is 1.25. The normalized spacial score (nSPS) is 11.9. The van der Waals surface area contributed by atoms with Gasteiger partial charge in [0.25, 0.3) is 0 Å². The highest BCUT2D eigenvalue weighted by atomic mass is 16.3. The standard InChI is InChI=1S/C48H29NO2/c1-3-13-30(14-4-1)32-25-26-35-34-17-7-9-22-41(34)49(43(35)29-32)42-23-12-21-40-45-37(28-27-33(48(45)51-47(40)42)31-15-5-2-6-16-31)39-20-11-19-38-36-18-8-10-24-44(36)50-46(38)39/h1-29H. The molecule has 0 fully saturated rings. The quantitative estimate of drug-likeness (QED) is 0.190. The molecule has 0 saturated heterocycles. The first-order valence-corrected chi connectivity index (χ1v) is 17.4.